The summed E-state index contributed by atoms with van der Waals surface area (Å²) in [4.78, 5) is 2.32. The fourth-order valence-electron chi connectivity index (χ4n) is 2.25. The molecule has 1 fully saturated rings. The average molecular weight is 255 g/mol. The number of rotatable bonds is 3. The van der Waals surface area contributed by atoms with E-state index in [1.807, 2.05) is 18.2 Å². The van der Waals surface area contributed by atoms with Crippen LogP contribution in [0.3, 0.4) is 0 Å². The molecule has 0 amide bonds. The van der Waals surface area contributed by atoms with Crippen molar-refractivity contribution in [3.63, 3.8) is 0 Å². The maximum Gasteiger partial charge on any atom is 0.0642 e. The zero-order chi connectivity index (χ0) is 12.3. The van der Waals surface area contributed by atoms with E-state index >= 15 is 0 Å². The number of nitrogens with two attached hydrogens (primary N) is 1. The molecule has 17 heavy (non-hydrogen) atoms. The monoisotopic (exact) mass is 254 g/mol. The molecule has 0 aliphatic carbocycles. The van der Waals surface area contributed by atoms with Crippen molar-refractivity contribution >= 4 is 17.3 Å². The first-order chi connectivity index (χ1) is 8.22. The summed E-state index contributed by atoms with van der Waals surface area (Å²) >= 11 is 6.28. The summed E-state index contributed by atoms with van der Waals surface area (Å²) in [5.41, 5.74) is 7.74. The molecular formula is C13H19ClN2O. The van der Waals surface area contributed by atoms with E-state index in [0.29, 0.717) is 0 Å². The average Bonchev–Trinajstić information content (AvgIpc) is 2.38. The van der Waals surface area contributed by atoms with Crippen LogP contribution in [0.2, 0.25) is 5.02 Å². The van der Waals surface area contributed by atoms with Crippen molar-refractivity contribution in [3.05, 3.63) is 28.8 Å². The lowest BCUT2D eigenvalue weighted by molar-refractivity contribution is 0.268. The van der Waals surface area contributed by atoms with Crippen LogP contribution in [0.15, 0.2) is 18.2 Å². The largest absolute Gasteiger partial charge is 0.394 e. The van der Waals surface area contributed by atoms with Crippen molar-refractivity contribution in [1.82, 2.24) is 0 Å². The summed E-state index contributed by atoms with van der Waals surface area (Å²) in [6.45, 7) is 2.09. The summed E-state index contributed by atoms with van der Waals surface area (Å²) in [7, 11) is 0. The summed E-state index contributed by atoms with van der Waals surface area (Å²) in [6, 6.07) is 5.49. The molecule has 0 aromatic heterocycles. The molecule has 0 spiro atoms. The van der Waals surface area contributed by atoms with Gasteiger partial charge in [-0.1, -0.05) is 17.7 Å². The fourth-order valence-corrected chi connectivity index (χ4v) is 2.56. The predicted molar refractivity (Wildman–Crippen MR) is 71.5 cm³/mol. The number of benzene rings is 1. The van der Waals surface area contributed by atoms with E-state index in [1.165, 1.54) is 19.3 Å². The van der Waals surface area contributed by atoms with E-state index < -0.39 is 0 Å². The number of nitrogens with zero attached hydrogens (tertiary/aromatic N) is 1. The van der Waals surface area contributed by atoms with Gasteiger partial charge in [0.25, 0.3) is 0 Å². The summed E-state index contributed by atoms with van der Waals surface area (Å²) in [5.74, 6) is 0. The van der Waals surface area contributed by atoms with Gasteiger partial charge in [-0.25, -0.2) is 0 Å². The third-order valence-electron chi connectivity index (χ3n) is 3.29. The quantitative estimate of drug-likeness (QED) is 0.871. The summed E-state index contributed by atoms with van der Waals surface area (Å²) in [6.07, 6.45) is 3.77. The minimum absolute atomic E-state index is 0.0562. The van der Waals surface area contributed by atoms with Crippen molar-refractivity contribution < 1.29 is 5.11 Å². The van der Waals surface area contributed by atoms with Gasteiger partial charge < -0.3 is 15.7 Å². The highest BCUT2D eigenvalue weighted by molar-refractivity contribution is 6.33. The Balaban J connectivity index is 2.18. The summed E-state index contributed by atoms with van der Waals surface area (Å²) in [5, 5.41) is 9.75. The molecule has 1 aliphatic heterocycles. The first-order valence-corrected chi connectivity index (χ1v) is 6.51. The molecular weight excluding hydrogens is 236 g/mol. The maximum absolute atomic E-state index is 9.02. The Bertz CT molecular complexity index is 378. The highest BCUT2D eigenvalue weighted by atomic mass is 35.5. The first-order valence-electron chi connectivity index (χ1n) is 6.13. The molecule has 94 valence electrons. The molecule has 1 saturated heterocycles. The Morgan fingerprint density at radius 1 is 1.29 bits per heavy atom. The summed E-state index contributed by atoms with van der Waals surface area (Å²) < 4.78 is 0. The zero-order valence-corrected chi connectivity index (χ0v) is 10.7. The van der Waals surface area contributed by atoms with Gasteiger partial charge in [0.15, 0.2) is 0 Å². The van der Waals surface area contributed by atoms with Gasteiger partial charge in [0.1, 0.15) is 0 Å². The number of piperidine rings is 1. The number of halogens is 1. The van der Waals surface area contributed by atoms with Gasteiger partial charge in [-0.05, 0) is 37.0 Å². The van der Waals surface area contributed by atoms with Crippen LogP contribution in [-0.4, -0.2) is 24.8 Å². The van der Waals surface area contributed by atoms with Gasteiger partial charge in [-0.15, -0.1) is 0 Å². The Hall–Kier alpha value is -0.770. The van der Waals surface area contributed by atoms with Gasteiger partial charge in [0.2, 0.25) is 0 Å². The number of hydrogen-bond donors (Lipinski definition) is 2. The second-order valence-corrected chi connectivity index (χ2v) is 4.95. The van der Waals surface area contributed by atoms with Crippen LogP contribution in [0.25, 0.3) is 0 Å². The van der Waals surface area contributed by atoms with Crippen molar-refractivity contribution in [2.45, 2.75) is 25.3 Å². The lowest BCUT2D eigenvalue weighted by Gasteiger charge is -2.30. The molecule has 1 aliphatic rings. The van der Waals surface area contributed by atoms with Crippen molar-refractivity contribution in [3.8, 4) is 0 Å². The van der Waals surface area contributed by atoms with Crippen LogP contribution in [-0.2, 0) is 0 Å². The highest BCUT2D eigenvalue weighted by Gasteiger charge is 2.15. The van der Waals surface area contributed by atoms with Crippen LogP contribution < -0.4 is 10.6 Å². The third kappa shape index (κ3) is 2.92. The van der Waals surface area contributed by atoms with Crippen LogP contribution >= 0.6 is 11.6 Å². The van der Waals surface area contributed by atoms with Gasteiger partial charge in [0, 0.05) is 13.1 Å². The number of aliphatic hydroxyl groups excluding tert-OH is 1. The van der Waals surface area contributed by atoms with Gasteiger partial charge in [0.05, 0.1) is 23.4 Å². The number of aliphatic hydroxyl groups is 1. The lowest BCUT2D eigenvalue weighted by Crippen LogP contribution is -2.29. The van der Waals surface area contributed by atoms with E-state index in [-0.39, 0.29) is 12.6 Å². The van der Waals surface area contributed by atoms with Crippen molar-refractivity contribution in [1.29, 1.82) is 0 Å². The predicted octanol–water partition coefficient (Wildman–Crippen LogP) is 2.32. The van der Waals surface area contributed by atoms with Crippen LogP contribution in [0.4, 0.5) is 5.69 Å². The smallest absolute Gasteiger partial charge is 0.0642 e. The van der Waals surface area contributed by atoms with E-state index in [0.717, 1.165) is 29.4 Å². The second kappa shape index (κ2) is 5.71. The molecule has 1 aromatic rings. The van der Waals surface area contributed by atoms with Crippen LogP contribution in [0, 0.1) is 0 Å². The molecule has 0 saturated carbocycles. The molecule has 0 radical (unpaired) electrons. The molecule has 2 rings (SSSR count). The lowest BCUT2D eigenvalue weighted by atomic mass is 10.1. The van der Waals surface area contributed by atoms with Crippen LogP contribution in [0.5, 0.6) is 0 Å². The molecule has 0 bridgehead atoms. The Morgan fingerprint density at radius 2 is 2.00 bits per heavy atom. The van der Waals surface area contributed by atoms with E-state index in [9.17, 15) is 0 Å². The molecule has 1 heterocycles. The molecule has 3 nitrogen and oxygen atoms in total. The Kier molecular flexibility index (Phi) is 4.26. The van der Waals surface area contributed by atoms with E-state index in [2.05, 4.69) is 4.90 Å². The van der Waals surface area contributed by atoms with Gasteiger partial charge >= 0.3 is 0 Å². The SMILES string of the molecule is N[C@@H](CO)c1ccc(N2CCCCC2)c(Cl)c1. The van der Waals surface area contributed by atoms with Crippen molar-refractivity contribution in [2.24, 2.45) is 5.73 Å². The minimum Gasteiger partial charge on any atom is -0.394 e. The third-order valence-corrected chi connectivity index (χ3v) is 3.60. The molecule has 0 unspecified atom stereocenters. The van der Waals surface area contributed by atoms with Crippen LogP contribution in [0.1, 0.15) is 30.9 Å². The molecule has 4 heteroatoms. The Morgan fingerprint density at radius 3 is 2.59 bits per heavy atom. The number of anilines is 1. The van der Waals surface area contributed by atoms with E-state index in [1.54, 1.807) is 0 Å². The van der Waals surface area contributed by atoms with Crippen molar-refractivity contribution in [2.75, 3.05) is 24.6 Å². The standard InChI is InChI=1S/C13H19ClN2O/c14-11-8-10(12(15)9-17)4-5-13(11)16-6-2-1-3-7-16/h4-5,8,12,17H,1-3,6-7,9,15H2/t12-/m0/s1. The number of hydrogen-bond acceptors (Lipinski definition) is 3. The minimum atomic E-state index is -0.345. The van der Waals surface area contributed by atoms with E-state index in [4.69, 9.17) is 22.4 Å². The zero-order valence-electron chi connectivity index (χ0n) is 9.90. The van der Waals surface area contributed by atoms with Gasteiger partial charge in [-0.2, -0.15) is 0 Å². The first kappa shape index (κ1) is 12.7. The molecule has 3 N–H and O–H groups in total. The van der Waals surface area contributed by atoms with Gasteiger partial charge in [-0.3, -0.25) is 0 Å². The normalized spacial score (nSPS) is 18.2. The maximum atomic E-state index is 9.02. The topological polar surface area (TPSA) is 49.5 Å². The molecule has 1 aromatic carbocycles. The second-order valence-electron chi connectivity index (χ2n) is 4.55. The molecule has 1 atom stereocenters. The Labute approximate surface area is 107 Å². The highest BCUT2D eigenvalue weighted by Crippen LogP contribution is 2.30. The fraction of sp³-hybridized carbons (Fsp3) is 0.538.